The van der Waals surface area contributed by atoms with Crippen molar-refractivity contribution in [2.24, 2.45) is 0 Å². The van der Waals surface area contributed by atoms with Gasteiger partial charge in [0.2, 0.25) is 0 Å². The van der Waals surface area contributed by atoms with Crippen LogP contribution < -0.4 is 5.32 Å². The minimum absolute atomic E-state index is 0.340. The maximum atomic E-state index is 4.16. The Hall–Kier alpha value is -1.84. The van der Waals surface area contributed by atoms with Crippen LogP contribution in [0.4, 0.5) is 5.69 Å². The van der Waals surface area contributed by atoms with E-state index >= 15 is 0 Å². The van der Waals surface area contributed by atoms with E-state index in [1.165, 1.54) is 0 Å². The van der Waals surface area contributed by atoms with E-state index in [4.69, 9.17) is 0 Å². The molecule has 0 bridgehead atoms. The quantitative estimate of drug-likeness (QED) is 0.821. The molecule has 1 N–H and O–H groups in total. The molecule has 2 rings (SSSR count). The van der Waals surface area contributed by atoms with Gasteiger partial charge in [0.1, 0.15) is 0 Å². The van der Waals surface area contributed by atoms with E-state index in [9.17, 15) is 0 Å². The maximum Gasteiger partial charge on any atom is 0.0608 e. The van der Waals surface area contributed by atoms with E-state index in [0.717, 1.165) is 12.2 Å². The summed E-state index contributed by atoms with van der Waals surface area (Å²) in [7, 11) is 0. The number of anilines is 1. The summed E-state index contributed by atoms with van der Waals surface area (Å²) in [5.74, 6) is 0. The van der Waals surface area contributed by atoms with Crippen molar-refractivity contribution >= 4 is 5.69 Å². The van der Waals surface area contributed by atoms with Crippen molar-refractivity contribution in [2.75, 3.05) is 5.32 Å². The summed E-state index contributed by atoms with van der Waals surface area (Å²) < 4.78 is 1.92. The summed E-state index contributed by atoms with van der Waals surface area (Å²) in [6.07, 6.45) is 7.32. The van der Waals surface area contributed by atoms with Crippen LogP contribution in [-0.2, 0) is 6.54 Å². The molecule has 4 heteroatoms. The summed E-state index contributed by atoms with van der Waals surface area (Å²) in [4.78, 5) is 3.97. The monoisotopic (exact) mass is 202 g/mol. The van der Waals surface area contributed by atoms with Gasteiger partial charge in [0.15, 0.2) is 0 Å². The zero-order valence-electron chi connectivity index (χ0n) is 8.67. The second kappa shape index (κ2) is 4.59. The molecule has 0 fully saturated rings. The highest BCUT2D eigenvalue weighted by Gasteiger charge is 2.02. The number of nitrogens with zero attached hydrogens (tertiary/aromatic N) is 3. The van der Waals surface area contributed by atoms with Gasteiger partial charge < -0.3 is 5.32 Å². The Bertz CT molecular complexity index is 382. The summed E-state index contributed by atoms with van der Waals surface area (Å²) in [5.41, 5.74) is 1.09. The van der Waals surface area contributed by atoms with Crippen molar-refractivity contribution < 1.29 is 0 Å². The van der Waals surface area contributed by atoms with Gasteiger partial charge in [-0.3, -0.25) is 9.67 Å². The highest BCUT2D eigenvalue weighted by molar-refractivity contribution is 5.41. The molecule has 0 aliphatic carbocycles. The fourth-order valence-corrected chi connectivity index (χ4v) is 1.47. The molecule has 0 amide bonds. The molecule has 0 spiro atoms. The fraction of sp³-hybridized carbons (Fsp3) is 0.273. The summed E-state index contributed by atoms with van der Waals surface area (Å²) >= 11 is 0. The van der Waals surface area contributed by atoms with Crippen molar-refractivity contribution in [2.45, 2.75) is 19.5 Å². The highest BCUT2D eigenvalue weighted by Crippen LogP contribution is 2.06. The van der Waals surface area contributed by atoms with Gasteiger partial charge in [0, 0.05) is 36.5 Å². The number of aromatic nitrogens is 3. The molecule has 2 heterocycles. The van der Waals surface area contributed by atoms with E-state index < -0.39 is 0 Å². The lowest BCUT2D eigenvalue weighted by Gasteiger charge is -2.14. The van der Waals surface area contributed by atoms with Crippen LogP contribution in [0.5, 0.6) is 0 Å². The predicted octanol–water partition coefficient (Wildman–Crippen LogP) is 1.78. The molecule has 0 aliphatic rings. The van der Waals surface area contributed by atoms with Gasteiger partial charge in [-0.25, -0.2) is 0 Å². The van der Waals surface area contributed by atoms with Crippen LogP contribution in [0.3, 0.4) is 0 Å². The molecule has 15 heavy (non-hydrogen) atoms. The third kappa shape index (κ3) is 2.80. The van der Waals surface area contributed by atoms with Gasteiger partial charge in [-0.15, -0.1) is 0 Å². The van der Waals surface area contributed by atoms with Gasteiger partial charge in [-0.1, -0.05) is 0 Å². The number of nitrogens with one attached hydrogen (secondary N) is 1. The second-order valence-electron chi connectivity index (χ2n) is 3.51. The Morgan fingerprint density at radius 1 is 1.33 bits per heavy atom. The zero-order valence-corrected chi connectivity index (χ0v) is 8.67. The molecule has 1 unspecified atom stereocenters. The van der Waals surface area contributed by atoms with Crippen molar-refractivity contribution in [3.05, 3.63) is 43.0 Å². The van der Waals surface area contributed by atoms with Gasteiger partial charge in [0.05, 0.1) is 6.54 Å². The number of hydrogen-bond acceptors (Lipinski definition) is 3. The summed E-state index contributed by atoms with van der Waals surface area (Å²) in [6.45, 7) is 2.98. The first-order valence-electron chi connectivity index (χ1n) is 4.98. The topological polar surface area (TPSA) is 42.7 Å². The van der Waals surface area contributed by atoms with E-state index in [-0.39, 0.29) is 0 Å². The molecule has 2 aromatic rings. The normalized spacial score (nSPS) is 12.3. The molecule has 4 nitrogen and oxygen atoms in total. The Morgan fingerprint density at radius 3 is 2.80 bits per heavy atom. The van der Waals surface area contributed by atoms with Crippen LogP contribution in [0, 0.1) is 0 Å². The first-order chi connectivity index (χ1) is 7.34. The average Bonchev–Trinajstić information content (AvgIpc) is 2.71. The first-order valence-corrected chi connectivity index (χ1v) is 4.98. The molecule has 0 saturated carbocycles. The molecule has 0 aliphatic heterocycles. The Labute approximate surface area is 89.0 Å². The molecule has 1 atom stereocenters. The molecule has 0 radical (unpaired) electrons. The largest absolute Gasteiger partial charge is 0.381 e. The van der Waals surface area contributed by atoms with Gasteiger partial charge in [-0.2, -0.15) is 5.10 Å². The SMILES string of the molecule is CC(Cn1cccn1)Nc1ccncc1. The van der Waals surface area contributed by atoms with Crippen molar-refractivity contribution in [3.8, 4) is 0 Å². The number of hydrogen-bond donors (Lipinski definition) is 1. The van der Waals surface area contributed by atoms with Gasteiger partial charge >= 0.3 is 0 Å². The van der Waals surface area contributed by atoms with Crippen molar-refractivity contribution in [3.63, 3.8) is 0 Å². The lowest BCUT2D eigenvalue weighted by Crippen LogP contribution is -2.22. The first kappa shape index (κ1) is 9.71. The van der Waals surface area contributed by atoms with E-state index in [1.54, 1.807) is 18.6 Å². The van der Waals surface area contributed by atoms with Gasteiger partial charge in [-0.05, 0) is 25.1 Å². The van der Waals surface area contributed by atoms with Crippen LogP contribution >= 0.6 is 0 Å². The Morgan fingerprint density at radius 2 is 2.13 bits per heavy atom. The van der Waals surface area contributed by atoms with Crippen molar-refractivity contribution in [1.29, 1.82) is 0 Å². The summed E-state index contributed by atoms with van der Waals surface area (Å²) in [5, 5.41) is 7.54. The molecular formula is C11H14N4. The minimum atomic E-state index is 0.340. The van der Waals surface area contributed by atoms with Crippen molar-refractivity contribution in [1.82, 2.24) is 14.8 Å². The smallest absolute Gasteiger partial charge is 0.0608 e. The van der Waals surface area contributed by atoms with Crippen LogP contribution in [0.2, 0.25) is 0 Å². The lowest BCUT2D eigenvalue weighted by atomic mass is 10.3. The fourth-order valence-electron chi connectivity index (χ4n) is 1.47. The van der Waals surface area contributed by atoms with Crippen LogP contribution in [-0.4, -0.2) is 20.8 Å². The number of rotatable bonds is 4. The van der Waals surface area contributed by atoms with Crippen LogP contribution in [0.25, 0.3) is 0 Å². The molecule has 0 aromatic carbocycles. The highest BCUT2D eigenvalue weighted by atomic mass is 15.3. The van der Waals surface area contributed by atoms with Gasteiger partial charge in [0.25, 0.3) is 0 Å². The zero-order chi connectivity index (χ0) is 10.5. The second-order valence-corrected chi connectivity index (χ2v) is 3.51. The third-order valence-corrected chi connectivity index (χ3v) is 2.11. The lowest BCUT2D eigenvalue weighted by molar-refractivity contribution is 0.561. The van der Waals surface area contributed by atoms with Crippen LogP contribution in [0.1, 0.15) is 6.92 Å². The third-order valence-electron chi connectivity index (χ3n) is 2.11. The van der Waals surface area contributed by atoms with E-state index in [0.29, 0.717) is 6.04 Å². The Balaban J connectivity index is 1.90. The van der Waals surface area contributed by atoms with Crippen LogP contribution in [0.15, 0.2) is 43.0 Å². The number of pyridine rings is 1. The molecular weight excluding hydrogens is 188 g/mol. The molecule has 78 valence electrons. The van der Waals surface area contributed by atoms with E-state index in [1.807, 2.05) is 29.1 Å². The van der Waals surface area contributed by atoms with E-state index in [2.05, 4.69) is 22.3 Å². The average molecular weight is 202 g/mol. The Kier molecular flexibility index (Phi) is 2.97. The minimum Gasteiger partial charge on any atom is -0.381 e. The summed E-state index contributed by atoms with van der Waals surface area (Å²) in [6, 6.07) is 6.19. The molecule has 0 saturated heterocycles. The standard InChI is InChI=1S/C11H14N4/c1-10(9-15-8-2-5-13-15)14-11-3-6-12-7-4-11/h2-8,10H,9H2,1H3,(H,12,14). The maximum absolute atomic E-state index is 4.16. The molecule has 2 aromatic heterocycles. The predicted molar refractivity (Wildman–Crippen MR) is 59.5 cm³/mol.